The van der Waals surface area contributed by atoms with E-state index in [0.29, 0.717) is 11.3 Å². The molecule has 6 nitrogen and oxygen atoms in total. The molecule has 0 aromatic heterocycles. The highest BCUT2D eigenvalue weighted by Crippen LogP contribution is 2.43. The highest BCUT2D eigenvalue weighted by atomic mass is 32.2. The molecule has 1 heterocycles. The minimum atomic E-state index is -0.909. The zero-order chi connectivity index (χ0) is 32.1. The summed E-state index contributed by atoms with van der Waals surface area (Å²) in [5.74, 6) is 2.19. The van der Waals surface area contributed by atoms with E-state index < -0.39 is 17.7 Å². The highest BCUT2D eigenvalue weighted by molar-refractivity contribution is 8.22. The average Bonchev–Trinajstić information content (AvgIpc) is 3.31. The summed E-state index contributed by atoms with van der Waals surface area (Å²) in [6.45, 7) is 8.09. The lowest BCUT2D eigenvalue weighted by Crippen LogP contribution is -2.12. The lowest BCUT2D eigenvalue weighted by atomic mass is 9.87. The number of allylic oxidation sites excluding steroid dienone is 4. The third-order valence-corrected chi connectivity index (χ3v) is 10.8. The number of cyclic esters (lactones) is 1. The Morgan fingerprint density at radius 2 is 1.32 bits per heavy atom. The van der Waals surface area contributed by atoms with Gasteiger partial charge in [0, 0.05) is 15.7 Å². The predicted octanol–water partition coefficient (Wildman–Crippen LogP) is 8.52. The number of thioether (sulfide) groups is 4. The molecule has 1 saturated heterocycles. The molecule has 0 spiro atoms. The van der Waals surface area contributed by atoms with Crippen molar-refractivity contribution in [2.24, 2.45) is 0 Å². The molecule has 2 aromatic rings. The van der Waals surface area contributed by atoms with Gasteiger partial charge in [0.25, 0.3) is 5.78 Å². The molecule has 44 heavy (non-hydrogen) atoms. The minimum absolute atomic E-state index is 0.178. The van der Waals surface area contributed by atoms with Crippen LogP contribution in [0.2, 0.25) is 0 Å². The first kappa shape index (κ1) is 35.7. The molecule has 3 rings (SSSR count). The fourth-order valence-corrected chi connectivity index (χ4v) is 8.87. The number of Topliss-reactive ketones (excluding diaryl/α,β-unsaturated/α-hetero) is 1. The Labute approximate surface area is 277 Å². The van der Waals surface area contributed by atoms with Gasteiger partial charge in [-0.2, -0.15) is 0 Å². The first-order valence-electron chi connectivity index (χ1n) is 14.3. The topological polar surface area (TPSA) is 78.9 Å². The Balaban J connectivity index is 2.29. The Kier molecular flexibility index (Phi) is 14.8. The van der Waals surface area contributed by atoms with Crippen molar-refractivity contribution >= 4 is 70.7 Å². The number of rotatable bonds is 16. The van der Waals surface area contributed by atoms with Gasteiger partial charge in [0.15, 0.2) is 5.78 Å². The molecule has 1 aliphatic heterocycles. The SMILES string of the molecule is CCSC(SCC)=C1C(=O)C(=O)O/C1=C\C(C(C(=O)/C=C/c1ccc(OC)cc1)=C(SCC)SCC)c1ccc(OC)cc1. The minimum Gasteiger partial charge on any atom is -0.497 e. The third kappa shape index (κ3) is 9.36. The Morgan fingerprint density at radius 1 is 0.795 bits per heavy atom. The molecule has 10 heteroatoms. The fraction of sp³-hybridized carbons (Fsp3) is 0.324. The van der Waals surface area contributed by atoms with E-state index in [2.05, 4.69) is 0 Å². The van der Waals surface area contributed by atoms with Crippen molar-refractivity contribution in [1.82, 2.24) is 0 Å². The second kappa shape index (κ2) is 18.2. The van der Waals surface area contributed by atoms with E-state index in [1.165, 1.54) is 23.5 Å². The van der Waals surface area contributed by atoms with E-state index >= 15 is 0 Å². The van der Waals surface area contributed by atoms with Crippen LogP contribution in [0, 0.1) is 0 Å². The van der Waals surface area contributed by atoms with E-state index in [4.69, 9.17) is 14.2 Å². The van der Waals surface area contributed by atoms with Gasteiger partial charge in [0.2, 0.25) is 0 Å². The van der Waals surface area contributed by atoms with Gasteiger partial charge in [-0.3, -0.25) is 9.59 Å². The van der Waals surface area contributed by atoms with Gasteiger partial charge in [0.1, 0.15) is 17.3 Å². The standard InChI is InChI=1S/C34H38O6S4/c1-7-41-33(42-8-2)29(27(35)20-13-22-11-16-24(38-5)17-12-22)26(23-14-18-25(39-6)19-15-23)21-28-30(31(36)32(37)40-28)34(43-9-3)44-10-4/h11-21,26H,7-10H2,1-6H3/b20-13+,28-21-. The quantitative estimate of drug-likeness (QED) is 0.0985. The van der Waals surface area contributed by atoms with Crippen molar-refractivity contribution in [2.45, 2.75) is 33.6 Å². The lowest BCUT2D eigenvalue weighted by Gasteiger charge is -2.21. The molecule has 0 amide bonds. The van der Waals surface area contributed by atoms with Crippen LogP contribution in [0.15, 0.2) is 86.1 Å². The molecule has 2 aromatic carbocycles. The summed E-state index contributed by atoms with van der Waals surface area (Å²) in [4.78, 5) is 40.0. The van der Waals surface area contributed by atoms with Crippen molar-refractivity contribution in [1.29, 1.82) is 0 Å². The second-order valence-electron chi connectivity index (χ2n) is 9.07. The van der Waals surface area contributed by atoms with Crippen LogP contribution >= 0.6 is 47.0 Å². The number of carbonyl (C=O) groups excluding carboxylic acids is 3. The molecule has 0 saturated carbocycles. The summed E-state index contributed by atoms with van der Waals surface area (Å²) in [5, 5.41) is 0. The van der Waals surface area contributed by atoms with Crippen molar-refractivity contribution in [3.63, 3.8) is 0 Å². The molecule has 0 radical (unpaired) electrons. The number of esters is 1. The number of methoxy groups -OCH3 is 2. The molecule has 234 valence electrons. The van der Waals surface area contributed by atoms with Crippen molar-refractivity contribution in [2.75, 3.05) is 37.2 Å². The van der Waals surface area contributed by atoms with Crippen LogP contribution in [-0.2, 0) is 19.1 Å². The monoisotopic (exact) mass is 670 g/mol. The van der Waals surface area contributed by atoms with Crippen LogP contribution in [0.4, 0.5) is 0 Å². The van der Waals surface area contributed by atoms with Gasteiger partial charge in [-0.15, -0.1) is 47.0 Å². The first-order valence-corrected chi connectivity index (χ1v) is 18.2. The normalized spacial score (nSPS) is 14.6. The Hall–Kier alpha value is -2.79. The van der Waals surface area contributed by atoms with E-state index in [9.17, 15) is 14.4 Å². The number of ether oxygens (including phenoxy) is 3. The summed E-state index contributed by atoms with van der Waals surface area (Å²) < 4.78 is 17.9. The maximum Gasteiger partial charge on any atom is 0.385 e. The average molecular weight is 671 g/mol. The molecule has 0 aliphatic carbocycles. The van der Waals surface area contributed by atoms with Gasteiger partial charge in [0.05, 0.1) is 24.0 Å². The summed E-state index contributed by atoms with van der Waals surface area (Å²) >= 11 is 6.21. The molecular formula is C34H38O6S4. The van der Waals surface area contributed by atoms with Gasteiger partial charge in [-0.25, -0.2) is 4.79 Å². The predicted molar refractivity (Wildman–Crippen MR) is 189 cm³/mol. The van der Waals surface area contributed by atoms with Crippen LogP contribution in [0.3, 0.4) is 0 Å². The van der Waals surface area contributed by atoms with Gasteiger partial charge in [-0.05, 0) is 70.6 Å². The van der Waals surface area contributed by atoms with Crippen LogP contribution in [-0.4, -0.2) is 54.8 Å². The molecule has 1 unspecified atom stereocenters. The van der Waals surface area contributed by atoms with Crippen molar-refractivity contribution < 1.29 is 28.6 Å². The molecule has 0 N–H and O–H groups in total. The van der Waals surface area contributed by atoms with Gasteiger partial charge < -0.3 is 14.2 Å². The third-order valence-electron chi connectivity index (χ3n) is 6.30. The van der Waals surface area contributed by atoms with Crippen LogP contribution in [0.1, 0.15) is 44.7 Å². The van der Waals surface area contributed by atoms with Gasteiger partial charge in [-0.1, -0.05) is 58.0 Å². The summed E-state index contributed by atoms with van der Waals surface area (Å²) in [5.41, 5.74) is 2.46. The smallest absolute Gasteiger partial charge is 0.385 e. The maximum absolute atomic E-state index is 14.2. The van der Waals surface area contributed by atoms with Crippen molar-refractivity contribution in [3.05, 3.63) is 97.2 Å². The van der Waals surface area contributed by atoms with E-state index in [-0.39, 0.29) is 17.1 Å². The largest absolute Gasteiger partial charge is 0.497 e. The highest BCUT2D eigenvalue weighted by Gasteiger charge is 2.38. The number of ketones is 2. The second-order valence-corrected chi connectivity index (χ2v) is 14.7. The Morgan fingerprint density at radius 3 is 1.82 bits per heavy atom. The number of hydrogen-bond acceptors (Lipinski definition) is 10. The van der Waals surface area contributed by atoms with Crippen LogP contribution in [0.25, 0.3) is 6.08 Å². The van der Waals surface area contributed by atoms with Crippen molar-refractivity contribution in [3.8, 4) is 11.5 Å². The van der Waals surface area contributed by atoms with E-state index in [1.807, 2.05) is 76.2 Å². The summed E-state index contributed by atoms with van der Waals surface area (Å²) in [6, 6.07) is 14.9. The number of carbonyl (C=O) groups is 3. The molecule has 1 aliphatic rings. The molecule has 1 fully saturated rings. The summed E-state index contributed by atoms with van der Waals surface area (Å²) in [7, 11) is 3.21. The zero-order valence-electron chi connectivity index (χ0n) is 25.8. The maximum atomic E-state index is 14.2. The molecule has 0 bridgehead atoms. The first-order chi connectivity index (χ1) is 21.3. The van der Waals surface area contributed by atoms with E-state index in [0.717, 1.165) is 48.4 Å². The lowest BCUT2D eigenvalue weighted by molar-refractivity contribution is -0.145. The van der Waals surface area contributed by atoms with Crippen LogP contribution < -0.4 is 9.47 Å². The zero-order valence-corrected chi connectivity index (χ0v) is 29.1. The molecule has 1 atom stereocenters. The summed E-state index contributed by atoms with van der Waals surface area (Å²) in [6.07, 6.45) is 5.11. The fourth-order valence-electron chi connectivity index (χ4n) is 4.30. The van der Waals surface area contributed by atoms with E-state index in [1.54, 1.807) is 56.0 Å². The number of hydrogen-bond donors (Lipinski definition) is 0. The molecular weight excluding hydrogens is 633 g/mol. The Bertz CT molecular complexity index is 1420. The number of benzene rings is 2. The van der Waals surface area contributed by atoms with Gasteiger partial charge >= 0.3 is 5.97 Å². The van der Waals surface area contributed by atoms with Crippen LogP contribution in [0.5, 0.6) is 11.5 Å².